The second kappa shape index (κ2) is 4.69. The van der Waals surface area contributed by atoms with E-state index >= 15 is 0 Å². The molecule has 0 aliphatic heterocycles. The number of nitrogens with one attached hydrogen (secondary N) is 1. The Morgan fingerprint density at radius 1 is 1.31 bits per heavy atom. The smallest absolute Gasteiger partial charge is 0.148 e. The molecular formula is C10H14N6. The van der Waals surface area contributed by atoms with Crippen LogP contribution in [-0.4, -0.2) is 32.2 Å². The van der Waals surface area contributed by atoms with Gasteiger partial charge in [-0.3, -0.25) is 0 Å². The van der Waals surface area contributed by atoms with Gasteiger partial charge < -0.3 is 5.32 Å². The summed E-state index contributed by atoms with van der Waals surface area (Å²) in [5.41, 5.74) is 1.69. The van der Waals surface area contributed by atoms with E-state index in [4.69, 9.17) is 0 Å². The van der Waals surface area contributed by atoms with Gasteiger partial charge in [0.2, 0.25) is 0 Å². The van der Waals surface area contributed by atoms with Crippen molar-refractivity contribution in [2.45, 2.75) is 19.9 Å². The summed E-state index contributed by atoms with van der Waals surface area (Å²) in [6.45, 7) is 2.94. The number of aromatic nitrogens is 5. The van der Waals surface area contributed by atoms with Crippen LogP contribution >= 0.6 is 0 Å². The standard InChI is InChI=1S/C10H14N6/c1-3-6-16-9(7-12-15-16)8-4-5-10(11-2)14-13-8/h4-5,7H,3,6H2,1-2H3,(H,11,14). The van der Waals surface area contributed by atoms with Crippen LogP contribution in [-0.2, 0) is 6.54 Å². The summed E-state index contributed by atoms with van der Waals surface area (Å²) in [4.78, 5) is 0. The Morgan fingerprint density at radius 3 is 2.81 bits per heavy atom. The fourth-order valence-corrected chi connectivity index (χ4v) is 1.44. The number of rotatable bonds is 4. The van der Waals surface area contributed by atoms with E-state index in [1.165, 1.54) is 0 Å². The average molecular weight is 218 g/mol. The van der Waals surface area contributed by atoms with E-state index in [-0.39, 0.29) is 0 Å². The molecule has 0 aliphatic rings. The molecule has 2 aromatic heterocycles. The lowest BCUT2D eigenvalue weighted by Crippen LogP contribution is -2.03. The van der Waals surface area contributed by atoms with Gasteiger partial charge in [-0.2, -0.15) is 0 Å². The van der Waals surface area contributed by atoms with Gasteiger partial charge in [-0.25, -0.2) is 4.68 Å². The Bertz CT molecular complexity index is 447. The molecule has 0 unspecified atom stereocenters. The third kappa shape index (κ3) is 2.00. The number of hydrogen-bond donors (Lipinski definition) is 1. The van der Waals surface area contributed by atoms with Crippen LogP contribution < -0.4 is 5.32 Å². The lowest BCUT2D eigenvalue weighted by molar-refractivity contribution is 0.583. The van der Waals surface area contributed by atoms with Crippen molar-refractivity contribution in [3.63, 3.8) is 0 Å². The van der Waals surface area contributed by atoms with E-state index in [0.29, 0.717) is 0 Å². The van der Waals surface area contributed by atoms with Gasteiger partial charge in [0, 0.05) is 13.6 Å². The summed E-state index contributed by atoms with van der Waals surface area (Å²) in [5, 5.41) is 19.0. The zero-order valence-corrected chi connectivity index (χ0v) is 9.38. The van der Waals surface area contributed by atoms with Gasteiger partial charge in [0.1, 0.15) is 17.2 Å². The predicted molar refractivity (Wildman–Crippen MR) is 60.9 cm³/mol. The maximum absolute atomic E-state index is 4.12. The van der Waals surface area contributed by atoms with Crippen LogP contribution in [0.2, 0.25) is 0 Å². The Hall–Kier alpha value is -1.98. The maximum Gasteiger partial charge on any atom is 0.148 e. The fourth-order valence-electron chi connectivity index (χ4n) is 1.44. The molecule has 0 aliphatic carbocycles. The third-order valence-corrected chi connectivity index (χ3v) is 2.24. The van der Waals surface area contributed by atoms with Crippen molar-refractivity contribution in [3.8, 4) is 11.4 Å². The summed E-state index contributed by atoms with van der Waals surface area (Å²) >= 11 is 0. The van der Waals surface area contributed by atoms with Gasteiger partial charge in [0.15, 0.2) is 0 Å². The normalized spacial score (nSPS) is 10.4. The molecule has 16 heavy (non-hydrogen) atoms. The summed E-state index contributed by atoms with van der Waals surface area (Å²) in [6.07, 6.45) is 2.72. The third-order valence-electron chi connectivity index (χ3n) is 2.24. The van der Waals surface area contributed by atoms with Crippen molar-refractivity contribution in [1.29, 1.82) is 0 Å². The molecule has 0 saturated carbocycles. The van der Waals surface area contributed by atoms with E-state index < -0.39 is 0 Å². The highest BCUT2D eigenvalue weighted by molar-refractivity contribution is 5.53. The topological polar surface area (TPSA) is 68.5 Å². The quantitative estimate of drug-likeness (QED) is 0.834. The van der Waals surface area contributed by atoms with Gasteiger partial charge in [-0.15, -0.1) is 15.3 Å². The largest absolute Gasteiger partial charge is 0.372 e. The molecule has 0 fully saturated rings. The molecule has 2 aromatic rings. The van der Waals surface area contributed by atoms with Gasteiger partial charge in [-0.1, -0.05) is 12.1 Å². The van der Waals surface area contributed by atoms with Crippen molar-refractivity contribution >= 4 is 5.82 Å². The van der Waals surface area contributed by atoms with Crippen LogP contribution in [0, 0.1) is 0 Å². The van der Waals surface area contributed by atoms with Gasteiger partial charge in [-0.05, 0) is 18.6 Å². The molecule has 2 heterocycles. The first-order valence-electron chi connectivity index (χ1n) is 5.25. The Labute approximate surface area is 93.7 Å². The van der Waals surface area contributed by atoms with Crippen molar-refractivity contribution in [2.24, 2.45) is 0 Å². The minimum absolute atomic E-state index is 0.748. The Morgan fingerprint density at radius 2 is 2.19 bits per heavy atom. The Balaban J connectivity index is 2.31. The molecule has 2 rings (SSSR count). The summed E-state index contributed by atoms with van der Waals surface area (Å²) in [7, 11) is 1.81. The molecule has 1 N–H and O–H groups in total. The van der Waals surface area contributed by atoms with E-state index in [1.54, 1.807) is 6.20 Å². The second-order valence-electron chi connectivity index (χ2n) is 3.40. The molecule has 84 valence electrons. The highest BCUT2D eigenvalue weighted by Crippen LogP contribution is 2.15. The molecule has 0 atom stereocenters. The van der Waals surface area contributed by atoms with Gasteiger partial charge in [0.05, 0.1) is 6.20 Å². The highest BCUT2D eigenvalue weighted by Gasteiger charge is 2.07. The first-order valence-corrected chi connectivity index (χ1v) is 5.25. The molecule has 6 heteroatoms. The van der Waals surface area contributed by atoms with Crippen molar-refractivity contribution in [2.75, 3.05) is 12.4 Å². The molecule has 0 amide bonds. The zero-order valence-electron chi connectivity index (χ0n) is 9.38. The van der Waals surface area contributed by atoms with Crippen LogP contribution in [0.5, 0.6) is 0 Å². The zero-order chi connectivity index (χ0) is 11.4. The minimum atomic E-state index is 0.748. The van der Waals surface area contributed by atoms with E-state index in [2.05, 4.69) is 32.7 Å². The monoisotopic (exact) mass is 218 g/mol. The molecule has 0 saturated heterocycles. The van der Waals surface area contributed by atoms with Crippen molar-refractivity contribution in [3.05, 3.63) is 18.3 Å². The molecule has 0 spiro atoms. The van der Waals surface area contributed by atoms with Gasteiger partial charge in [0.25, 0.3) is 0 Å². The lowest BCUT2D eigenvalue weighted by atomic mass is 10.3. The SMILES string of the molecule is CCCn1nncc1-c1ccc(NC)nn1. The van der Waals surface area contributed by atoms with E-state index in [0.717, 1.165) is 30.2 Å². The van der Waals surface area contributed by atoms with Crippen LogP contribution in [0.25, 0.3) is 11.4 Å². The van der Waals surface area contributed by atoms with Crippen LogP contribution in [0.3, 0.4) is 0 Å². The Kier molecular flexibility index (Phi) is 3.09. The van der Waals surface area contributed by atoms with Crippen molar-refractivity contribution in [1.82, 2.24) is 25.2 Å². The first-order chi connectivity index (χ1) is 7.85. The van der Waals surface area contributed by atoms with E-state index in [9.17, 15) is 0 Å². The highest BCUT2D eigenvalue weighted by atomic mass is 15.4. The maximum atomic E-state index is 4.12. The number of anilines is 1. The van der Waals surface area contributed by atoms with Crippen molar-refractivity contribution < 1.29 is 0 Å². The second-order valence-corrected chi connectivity index (χ2v) is 3.40. The van der Waals surface area contributed by atoms with Crippen LogP contribution in [0.15, 0.2) is 18.3 Å². The number of nitrogens with zero attached hydrogens (tertiary/aromatic N) is 5. The van der Waals surface area contributed by atoms with E-state index in [1.807, 2.05) is 23.9 Å². The molecule has 0 radical (unpaired) electrons. The number of aryl methyl sites for hydroxylation is 1. The molecule has 6 nitrogen and oxygen atoms in total. The first kappa shape index (κ1) is 10.5. The summed E-state index contributed by atoms with van der Waals surface area (Å²) in [5.74, 6) is 0.748. The predicted octanol–water partition coefficient (Wildman–Crippen LogP) is 1.19. The minimum Gasteiger partial charge on any atom is -0.372 e. The van der Waals surface area contributed by atoms with Crippen LogP contribution in [0.1, 0.15) is 13.3 Å². The van der Waals surface area contributed by atoms with Crippen LogP contribution in [0.4, 0.5) is 5.82 Å². The molecule has 0 bridgehead atoms. The number of hydrogen-bond acceptors (Lipinski definition) is 5. The molecular weight excluding hydrogens is 204 g/mol. The average Bonchev–Trinajstić information content (AvgIpc) is 2.78. The van der Waals surface area contributed by atoms with Gasteiger partial charge >= 0.3 is 0 Å². The summed E-state index contributed by atoms with van der Waals surface area (Å²) in [6, 6.07) is 3.79. The lowest BCUT2D eigenvalue weighted by Gasteiger charge is -2.03. The summed E-state index contributed by atoms with van der Waals surface area (Å²) < 4.78 is 1.84. The fraction of sp³-hybridized carbons (Fsp3) is 0.400. The molecule has 0 aromatic carbocycles.